The number of morpholine rings is 1. The van der Waals surface area contributed by atoms with Crippen molar-refractivity contribution in [1.82, 2.24) is 19.5 Å². The number of aromatic nitrogens is 4. The lowest BCUT2D eigenvalue weighted by Gasteiger charge is -2.23. The minimum absolute atomic E-state index is 0.159. The molecular formula is C21H22N7O2+. The van der Waals surface area contributed by atoms with E-state index in [1.165, 1.54) is 6.08 Å². The maximum absolute atomic E-state index is 12.6. The number of aliphatic imine (C=N–C) groups is 1. The third kappa shape index (κ3) is 3.45. The molecule has 1 aliphatic heterocycles. The van der Waals surface area contributed by atoms with Gasteiger partial charge in [0.25, 0.3) is 0 Å². The molecule has 9 heteroatoms. The Morgan fingerprint density at radius 2 is 2.27 bits per heavy atom. The van der Waals surface area contributed by atoms with Crippen molar-refractivity contribution in [2.45, 2.75) is 6.54 Å². The van der Waals surface area contributed by atoms with E-state index in [0.29, 0.717) is 48.4 Å². The first-order valence-electron chi connectivity index (χ1n) is 9.83. The lowest BCUT2D eigenvalue weighted by Crippen LogP contribution is -2.31. The van der Waals surface area contributed by atoms with E-state index in [0.717, 1.165) is 12.1 Å². The number of ether oxygens (including phenoxy) is 1. The van der Waals surface area contributed by atoms with Crippen LogP contribution in [0.25, 0.3) is 5.52 Å². The zero-order valence-corrected chi connectivity index (χ0v) is 16.6. The van der Waals surface area contributed by atoms with Crippen molar-refractivity contribution in [3.05, 3.63) is 66.7 Å². The molecule has 1 fully saturated rings. The van der Waals surface area contributed by atoms with Crippen molar-refractivity contribution in [3.63, 3.8) is 0 Å². The summed E-state index contributed by atoms with van der Waals surface area (Å²) in [5.74, 6) is 1.12. The number of anilines is 1. The monoisotopic (exact) mass is 404 g/mol. The van der Waals surface area contributed by atoms with E-state index in [-0.39, 0.29) is 5.78 Å². The highest BCUT2D eigenvalue weighted by molar-refractivity contribution is 6.49. The molecule has 0 atom stereocenters. The molecule has 9 nitrogen and oxygen atoms in total. The van der Waals surface area contributed by atoms with Gasteiger partial charge in [0.1, 0.15) is 42.7 Å². The predicted octanol–water partition coefficient (Wildman–Crippen LogP) is 1.12. The minimum Gasteiger partial charge on any atom is -0.490 e. The Bertz CT molecular complexity index is 1220. The number of carbonyl (C=O) groups excluding carboxylic acids is 1. The highest BCUT2D eigenvalue weighted by Gasteiger charge is 2.23. The molecule has 3 aromatic rings. The van der Waals surface area contributed by atoms with Gasteiger partial charge in [0.2, 0.25) is 12.1 Å². The van der Waals surface area contributed by atoms with Gasteiger partial charge in [-0.2, -0.15) is 0 Å². The summed E-state index contributed by atoms with van der Waals surface area (Å²) in [6.45, 7) is 2.69. The lowest BCUT2D eigenvalue weighted by molar-refractivity contribution is -0.671. The number of hydrogen-bond donors (Lipinski definition) is 2. The van der Waals surface area contributed by atoms with E-state index >= 15 is 0 Å². The van der Waals surface area contributed by atoms with Crippen LogP contribution in [0.1, 0.15) is 0 Å². The van der Waals surface area contributed by atoms with Gasteiger partial charge in [-0.3, -0.25) is 4.79 Å². The van der Waals surface area contributed by atoms with Crippen molar-refractivity contribution in [2.75, 3.05) is 25.0 Å². The molecule has 5 rings (SSSR count). The summed E-state index contributed by atoms with van der Waals surface area (Å²) in [7, 11) is 1.99. The molecule has 30 heavy (non-hydrogen) atoms. The molecule has 2 N–H and O–H groups in total. The zero-order valence-electron chi connectivity index (χ0n) is 16.6. The number of allylic oxidation sites excluding steroid dienone is 2. The molecule has 0 bridgehead atoms. The van der Waals surface area contributed by atoms with Crippen LogP contribution in [0, 0.1) is 0 Å². The fraction of sp³-hybridized carbons (Fsp3) is 0.238. The van der Waals surface area contributed by atoms with E-state index in [4.69, 9.17) is 4.74 Å². The first-order valence-corrected chi connectivity index (χ1v) is 9.83. The van der Waals surface area contributed by atoms with Gasteiger partial charge >= 0.3 is 0 Å². The van der Waals surface area contributed by atoms with Gasteiger partial charge in [0.05, 0.1) is 24.8 Å². The summed E-state index contributed by atoms with van der Waals surface area (Å²) in [6.07, 6.45) is 11.1. The Labute approximate surface area is 173 Å². The number of imidazole rings is 1. The Hall–Kier alpha value is -3.88. The number of pyridine rings is 1. The topological polar surface area (TPSA) is 88.8 Å². The number of nitrogens with zero attached hydrogens (tertiary/aromatic N) is 5. The van der Waals surface area contributed by atoms with Gasteiger partial charge in [0, 0.05) is 24.9 Å². The highest BCUT2D eigenvalue weighted by atomic mass is 16.5. The largest absolute Gasteiger partial charge is 0.490 e. The highest BCUT2D eigenvalue weighted by Crippen LogP contribution is 2.31. The van der Waals surface area contributed by atoms with E-state index in [1.807, 2.05) is 54.7 Å². The van der Waals surface area contributed by atoms with Gasteiger partial charge in [-0.25, -0.2) is 18.6 Å². The van der Waals surface area contributed by atoms with E-state index in [2.05, 4.69) is 25.3 Å². The molecule has 0 unspecified atom stereocenters. The third-order valence-corrected chi connectivity index (χ3v) is 4.97. The maximum Gasteiger partial charge on any atom is 0.243 e. The smallest absolute Gasteiger partial charge is 0.243 e. The normalized spacial score (nSPS) is 17.2. The van der Waals surface area contributed by atoms with Crippen LogP contribution in [-0.4, -0.2) is 45.4 Å². The van der Waals surface area contributed by atoms with Gasteiger partial charge in [-0.15, -0.1) is 5.10 Å². The SMILES string of the molecule is C[n+]1ccn(CCNc2nn3ccccc3c2N=C2C=C3OCCNC3=CC2=O)c1. The molecule has 4 heterocycles. The number of aryl methyl sites for hydroxylation is 1. The summed E-state index contributed by atoms with van der Waals surface area (Å²) >= 11 is 0. The molecule has 0 radical (unpaired) electrons. The molecule has 0 saturated carbocycles. The number of hydrogen-bond acceptors (Lipinski definition) is 6. The van der Waals surface area contributed by atoms with E-state index in [1.54, 1.807) is 10.6 Å². The lowest BCUT2D eigenvalue weighted by atomic mass is 10.1. The molecule has 3 aromatic heterocycles. The Morgan fingerprint density at radius 1 is 1.33 bits per heavy atom. The molecule has 0 spiro atoms. The molecule has 1 aliphatic carbocycles. The first-order chi connectivity index (χ1) is 14.7. The van der Waals surface area contributed by atoms with Crippen LogP contribution in [-0.2, 0) is 23.1 Å². The third-order valence-electron chi connectivity index (χ3n) is 4.97. The Morgan fingerprint density at radius 3 is 3.13 bits per heavy atom. The van der Waals surface area contributed by atoms with E-state index in [9.17, 15) is 4.79 Å². The van der Waals surface area contributed by atoms with Crippen LogP contribution in [0.2, 0.25) is 0 Å². The maximum atomic E-state index is 12.6. The van der Waals surface area contributed by atoms with Crippen LogP contribution in [0.5, 0.6) is 0 Å². The van der Waals surface area contributed by atoms with Gasteiger partial charge in [-0.05, 0) is 12.1 Å². The number of nitrogens with one attached hydrogen (secondary N) is 2. The Balaban J connectivity index is 1.46. The van der Waals surface area contributed by atoms with Crippen molar-refractivity contribution >= 4 is 28.5 Å². The molecular weight excluding hydrogens is 382 g/mol. The van der Waals surface area contributed by atoms with Crippen molar-refractivity contribution in [3.8, 4) is 0 Å². The number of fused-ring (bicyclic) bond motifs is 2. The Kier molecular flexibility index (Phi) is 4.55. The average molecular weight is 404 g/mol. The minimum atomic E-state index is -0.159. The summed E-state index contributed by atoms with van der Waals surface area (Å²) in [4.78, 5) is 17.3. The van der Waals surface area contributed by atoms with Gasteiger partial charge in [-0.1, -0.05) is 6.07 Å². The van der Waals surface area contributed by atoms with Crippen molar-refractivity contribution < 1.29 is 14.1 Å². The average Bonchev–Trinajstić information content (AvgIpc) is 3.32. The second-order valence-electron chi connectivity index (χ2n) is 7.17. The molecule has 2 aliphatic rings. The van der Waals surface area contributed by atoms with Crippen LogP contribution in [0.15, 0.2) is 71.7 Å². The summed E-state index contributed by atoms with van der Waals surface area (Å²) in [5.41, 5.74) is 2.50. The van der Waals surface area contributed by atoms with Crippen LogP contribution < -0.4 is 15.2 Å². The number of rotatable bonds is 5. The summed E-state index contributed by atoms with van der Waals surface area (Å²) in [6, 6.07) is 5.77. The standard InChI is InChI=1S/C21H21N7O2/c1-26-9-10-27(14-26)8-5-23-21-20(17-4-2-3-7-28(17)25-21)24-15-13-19-16(12-18(15)29)22-6-11-30-19/h2-4,7,9-10,12-14H,5-6,8,11H2,1H3,(H-,22,23,25,29)/p+1. The molecule has 1 saturated heterocycles. The van der Waals surface area contributed by atoms with Gasteiger partial charge < -0.3 is 15.4 Å². The van der Waals surface area contributed by atoms with Crippen LogP contribution in [0.4, 0.5) is 11.5 Å². The quantitative estimate of drug-likeness (QED) is 0.491. The first kappa shape index (κ1) is 18.2. The summed E-state index contributed by atoms with van der Waals surface area (Å²) in [5, 5.41) is 11.2. The molecule has 0 aromatic carbocycles. The molecule has 152 valence electrons. The van der Waals surface area contributed by atoms with E-state index < -0.39 is 0 Å². The number of ketones is 1. The fourth-order valence-corrected chi connectivity index (χ4v) is 3.51. The molecule has 0 amide bonds. The van der Waals surface area contributed by atoms with Crippen molar-refractivity contribution in [1.29, 1.82) is 0 Å². The van der Waals surface area contributed by atoms with Crippen LogP contribution in [0.3, 0.4) is 0 Å². The van der Waals surface area contributed by atoms with Crippen LogP contribution >= 0.6 is 0 Å². The fourth-order valence-electron chi connectivity index (χ4n) is 3.51. The predicted molar refractivity (Wildman–Crippen MR) is 112 cm³/mol. The second kappa shape index (κ2) is 7.51. The van der Waals surface area contributed by atoms with Gasteiger partial charge in [0.15, 0.2) is 5.82 Å². The number of carbonyl (C=O) groups is 1. The zero-order chi connectivity index (χ0) is 20.5. The summed E-state index contributed by atoms with van der Waals surface area (Å²) < 4.78 is 11.5. The van der Waals surface area contributed by atoms with Crippen molar-refractivity contribution in [2.24, 2.45) is 12.0 Å². The second-order valence-corrected chi connectivity index (χ2v) is 7.17.